The topological polar surface area (TPSA) is 44.1 Å². The highest BCUT2D eigenvalue weighted by atomic mass is 32.2. The fourth-order valence-electron chi connectivity index (χ4n) is 4.66. The Morgan fingerprint density at radius 2 is 1.91 bits per heavy atom. The summed E-state index contributed by atoms with van der Waals surface area (Å²) in [5.74, 6) is -0.701. The van der Waals surface area contributed by atoms with Crippen molar-refractivity contribution in [3.63, 3.8) is 0 Å². The molecule has 0 amide bonds. The molecule has 0 fully saturated rings. The van der Waals surface area contributed by atoms with Crippen molar-refractivity contribution < 1.29 is 13.9 Å². The van der Waals surface area contributed by atoms with E-state index in [1.165, 1.54) is 24.9 Å². The first-order valence-corrected chi connectivity index (χ1v) is 12.0. The summed E-state index contributed by atoms with van der Waals surface area (Å²) in [6.45, 7) is 0. The number of aryl methyl sites for hydroxylation is 1. The normalized spacial score (nSPS) is 12.6. The Balaban J connectivity index is 1.78. The highest BCUT2D eigenvalue weighted by Gasteiger charge is 2.28. The first kappa shape index (κ1) is 21.5. The van der Waals surface area contributed by atoms with Crippen LogP contribution in [0.4, 0.5) is 4.39 Å². The number of carbonyl (C=O) groups is 1. The average molecular weight is 459 g/mol. The fourth-order valence-corrected chi connectivity index (χ4v) is 5.28. The summed E-state index contributed by atoms with van der Waals surface area (Å²) in [5.41, 5.74) is 7.37. The second-order valence-corrected chi connectivity index (χ2v) is 8.87. The predicted octanol–water partition coefficient (Wildman–Crippen LogP) is 6.34. The quantitative estimate of drug-likeness (QED) is 0.264. The van der Waals surface area contributed by atoms with Crippen LogP contribution in [0.15, 0.2) is 72.1 Å². The molecule has 0 N–H and O–H groups in total. The molecule has 0 saturated heterocycles. The van der Waals surface area contributed by atoms with Crippen molar-refractivity contribution >= 4 is 17.7 Å². The number of benzene rings is 3. The van der Waals surface area contributed by atoms with Crippen LogP contribution in [0.5, 0.6) is 0 Å². The molecule has 0 aliphatic heterocycles. The van der Waals surface area contributed by atoms with Gasteiger partial charge < -0.3 is 9.30 Å². The van der Waals surface area contributed by atoms with Gasteiger partial charge in [-0.15, -0.1) is 11.8 Å². The monoisotopic (exact) mass is 458 g/mol. The first-order chi connectivity index (χ1) is 16.1. The third kappa shape index (κ3) is 3.85. The summed E-state index contributed by atoms with van der Waals surface area (Å²) in [6.07, 6.45) is 9.92. The molecule has 1 heterocycles. The molecular formula is C27H23FN2O2S. The van der Waals surface area contributed by atoms with Crippen LogP contribution in [0.25, 0.3) is 27.9 Å². The first-order valence-electron chi connectivity index (χ1n) is 10.8. The summed E-state index contributed by atoms with van der Waals surface area (Å²) < 4.78 is 21.5. The third-order valence-corrected chi connectivity index (χ3v) is 6.96. The lowest BCUT2D eigenvalue weighted by atomic mass is 9.86. The Kier molecular flexibility index (Phi) is 5.77. The zero-order valence-electron chi connectivity index (χ0n) is 18.5. The summed E-state index contributed by atoms with van der Waals surface area (Å²) in [6, 6.07) is 15.3. The van der Waals surface area contributed by atoms with Gasteiger partial charge in [0.15, 0.2) is 0 Å². The van der Waals surface area contributed by atoms with Crippen molar-refractivity contribution in [1.29, 1.82) is 0 Å². The van der Waals surface area contributed by atoms with Crippen molar-refractivity contribution in [2.24, 2.45) is 0 Å². The van der Waals surface area contributed by atoms with E-state index in [1.807, 2.05) is 23.1 Å². The minimum Gasteiger partial charge on any atom is -0.465 e. The number of esters is 1. The maximum Gasteiger partial charge on any atom is 0.339 e. The zero-order valence-corrected chi connectivity index (χ0v) is 19.3. The van der Waals surface area contributed by atoms with E-state index in [0.29, 0.717) is 5.56 Å². The van der Waals surface area contributed by atoms with Gasteiger partial charge in [-0.05, 0) is 83.7 Å². The third-order valence-electron chi connectivity index (χ3n) is 6.20. The number of aromatic nitrogens is 2. The molecule has 1 aliphatic carbocycles. The summed E-state index contributed by atoms with van der Waals surface area (Å²) in [7, 11) is 1.39. The average Bonchev–Trinajstić information content (AvgIpc) is 3.32. The molecule has 1 aromatic heterocycles. The van der Waals surface area contributed by atoms with E-state index >= 15 is 0 Å². The number of fused-ring (bicyclic) bond motifs is 3. The number of halogens is 1. The number of methoxy groups -OCH3 is 1. The largest absolute Gasteiger partial charge is 0.465 e. The van der Waals surface area contributed by atoms with Crippen LogP contribution >= 0.6 is 11.8 Å². The number of rotatable bonds is 4. The van der Waals surface area contributed by atoms with E-state index in [1.54, 1.807) is 18.6 Å². The zero-order chi connectivity index (χ0) is 22.9. The number of thioether (sulfide) groups is 1. The minimum absolute atomic E-state index is 0.307. The van der Waals surface area contributed by atoms with Crippen LogP contribution in [0.1, 0.15) is 27.9 Å². The molecule has 0 saturated carbocycles. The molecule has 33 heavy (non-hydrogen) atoms. The minimum atomic E-state index is -0.394. The molecular weight excluding hydrogens is 435 g/mol. The highest BCUT2D eigenvalue weighted by Crippen LogP contribution is 2.44. The Bertz CT molecular complexity index is 1330. The van der Waals surface area contributed by atoms with Gasteiger partial charge in [-0.1, -0.05) is 18.2 Å². The summed E-state index contributed by atoms with van der Waals surface area (Å²) in [4.78, 5) is 17.9. The molecule has 1 aliphatic rings. The molecule has 6 heteroatoms. The number of imidazole rings is 1. The molecule has 0 bridgehead atoms. The van der Waals surface area contributed by atoms with Gasteiger partial charge in [-0.3, -0.25) is 0 Å². The smallest absolute Gasteiger partial charge is 0.339 e. The van der Waals surface area contributed by atoms with Gasteiger partial charge in [-0.25, -0.2) is 14.2 Å². The fraction of sp³-hybridized carbons (Fsp3) is 0.185. The van der Waals surface area contributed by atoms with Crippen LogP contribution in [-0.2, 0) is 17.6 Å². The van der Waals surface area contributed by atoms with E-state index in [2.05, 4.69) is 35.3 Å². The number of hydrogen-bond donors (Lipinski definition) is 0. The number of nitrogens with zero attached hydrogens (tertiary/aromatic N) is 2. The Morgan fingerprint density at radius 1 is 1.09 bits per heavy atom. The van der Waals surface area contributed by atoms with Crippen molar-refractivity contribution in [3.05, 3.63) is 89.8 Å². The Labute approximate surface area is 196 Å². The molecule has 0 atom stereocenters. The van der Waals surface area contributed by atoms with Crippen LogP contribution in [0.3, 0.4) is 0 Å². The highest BCUT2D eigenvalue weighted by molar-refractivity contribution is 7.98. The Hall–Kier alpha value is -3.38. The molecule has 0 spiro atoms. The lowest BCUT2D eigenvalue weighted by Gasteiger charge is -2.21. The molecule has 5 rings (SSSR count). The van der Waals surface area contributed by atoms with Crippen LogP contribution in [-0.4, -0.2) is 28.9 Å². The lowest BCUT2D eigenvalue weighted by molar-refractivity contribution is 0.0597. The van der Waals surface area contributed by atoms with E-state index in [0.717, 1.165) is 63.2 Å². The summed E-state index contributed by atoms with van der Waals surface area (Å²) in [5, 5.41) is 0. The number of carbonyl (C=O) groups excluding carboxylic acids is 1. The second-order valence-electron chi connectivity index (χ2n) is 8.02. The van der Waals surface area contributed by atoms with Crippen LogP contribution in [0.2, 0.25) is 0 Å². The number of hydrogen-bond acceptors (Lipinski definition) is 4. The Morgan fingerprint density at radius 3 is 2.61 bits per heavy atom. The van der Waals surface area contributed by atoms with Gasteiger partial charge in [0.05, 0.1) is 19.0 Å². The molecule has 166 valence electrons. The van der Waals surface area contributed by atoms with Gasteiger partial charge in [0.1, 0.15) is 5.82 Å². The van der Waals surface area contributed by atoms with Gasteiger partial charge in [0.25, 0.3) is 0 Å². The number of ether oxygens (including phenoxy) is 1. The van der Waals surface area contributed by atoms with Crippen LogP contribution < -0.4 is 0 Å². The van der Waals surface area contributed by atoms with Crippen LogP contribution in [0, 0.1) is 5.82 Å². The van der Waals surface area contributed by atoms with Crippen molar-refractivity contribution in [1.82, 2.24) is 9.55 Å². The van der Waals surface area contributed by atoms with Crippen molar-refractivity contribution in [3.8, 4) is 27.9 Å². The molecule has 4 nitrogen and oxygen atoms in total. The van der Waals surface area contributed by atoms with E-state index < -0.39 is 5.97 Å². The van der Waals surface area contributed by atoms with Gasteiger partial charge >= 0.3 is 5.97 Å². The lowest BCUT2D eigenvalue weighted by Crippen LogP contribution is -2.09. The second kappa shape index (κ2) is 8.87. The standard InChI is InChI=1S/C27H23FN2O2S/c1-32-27(31)26-24(33-2)15-22(18-7-10-20(11-8-18)30-13-12-29-16-30)21-5-3-4-17-6-9-19(28)14-23(17)25(21)26/h6-16H,3-5H2,1-2H3. The van der Waals surface area contributed by atoms with Crippen molar-refractivity contribution in [2.75, 3.05) is 13.4 Å². The van der Waals surface area contributed by atoms with Gasteiger partial charge in [-0.2, -0.15) is 0 Å². The molecule has 0 radical (unpaired) electrons. The predicted molar refractivity (Wildman–Crippen MR) is 130 cm³/mol. The molecule has 3 aromatic carbocycles. The van der Waals surface area contributed by atoms with Gasteiger partial charge in [0, 0.05) is 28.5 Å². The van der Waals surface area contributed by atoms with E-state index in [9.17, 15) is 9.18 Å². The van der Waals surface area contributed by atoms with Gasteiger partial charge in [0.2, 0.25) is 0 Å². The molecule has 4 aromatic rings. The van der Waals surface area contributed by atoms with E-state index in [-0.39, 0.29) is 5.82 Å². The molecule has 0 unspecified atom stereocenters. The maximum absolute atomic E-state index is 14.4. The van der Waals surface area contributed by atoms with E-state index in [4.69, 9.17) is 4.74 Å². The summed E-state index contributed by atoms with van der Waals surface area (Å²) >= 11 is 1.50. The SMILES string of the molecule is COC(=O)c1c(SC)cc(-c2ccc(-n3ccnc3)cc2)c2c1-c1cc(F)ccc1CCC2. The maximum atomic E-state index is 14.4. The van der Waals surface area contributed by atoms with Crippen molar-refractivity contribution in [2.45, 2.75) is 24.2 Å².